The number of carbonyl (C=O) groups is 2. The molecule has 0 aliphatic carbocycles. The molecule has 1 rings (SSSR count). The maximum Gasteiger partial charge on any atom is 0.237 e. The number of hydrogen-bond donors (Lipinski definition) is 1. The highest BCUT2D eigenvalue weighted by molar-refractivity contribution is 5.95. The number of nitrogens with two attached hydrogens (primary N) is 1. The van der Waals surface area contributed by atoms with Crippen molar-refractivity contribution in [3.8, 4) is 0 Å². The van der Waals surface area contributed by atoms with Crippen molar-refractivity contribution in [2.75, 3.05) is 0 Å². The van der Waals surface area contributed by atoms with E-state index in [9.17, 15) is 9.59 Å². The Bertz CT molecular complexity index is 352. The summed E-state index contributed by atoms with van der Waals surface area (Å²) in [6.07, 6.45) is 1.69. The molecule has 1 amide bonds. The van der Waals surface area contributed by atoms with Gasteiger partial charge >= 0.3 is 0 Å². The summed E-state index contributed by atoms with van der Waals surface area (Å²) in [6, 6.07) is 1.70. The van der Waals surface area contributed by atoms with Gasteiger partial charge in [0.15, 0.2) is 5.78 Å². The van der Waals surface area contributed by atoms with Gasteiger partial charge in [-0.25, -0.2) is 0 Å². The van der Waals surface area contributed by atoms with E-state index < -0.39 is 5.91 Å². The summed E-state index contributed by atoms with van der Waals surface area (Å²) in [5, 5.41) is 0. The molecular weight excluding hydrogens is 168 g/mol. The summed E-state index contributed by atoms with van der Waals surface area (Å²) in [6.45, 7) is 3.41. The minimum Gasteiger partial charge on any atom is -0.368 e. The molecule has 0 atom stereocenters. The minimum absolute atomic E-state index is 0.000667. The summed E-state index contributed by atoms with van der Waals surface area (Å²) < 4.78 is 1.67. The molecule has 1 aromatic rings. The van der Waals surface area contributed by atoms with Gasteiger partial charge < -0.3 is 10.3 Å². The molecule has 0 saturated carbocycles. The van der Waals surface area contributed by atoms with Gasteiger partial charge in [-0.15, -0.1) is 0 Å². The lowest BCUT2D eigenvalue weighted by atomic mass is 10.2. The predicted octanol–water partition coefficient (Wildman–Crippen LogP) is 0.484. The van der Waals surface area contributed by atoms with E-state index >= 15 is 0 Å². The van der Waals surface area contributed by atoms with E-state index in [1.165, 1.54) is 6.92 Å². The van der Waals surface area contributed by atoms with Crippen molar-refractivity contribution >= 4 is 11.7 Å². The van der Waals surface area contributed by atoms with Crippen LogP contribution >= 0.6 is 0 Å². The summed E-state index contributed by atoms with van der Waals surface area (Å²) in [7, 11) is 0. The van der Waals surface area contributed by atoms with Crippen LogP contribution in [0.25, 0.3) is 0 Å². The number of nitrogens with zero attached hydrogens (tertiary/aromatic N) is 1. The molecule has 0 aliphatic heterocycles. The maximum atomic E-state index is 11.0. The van der Waals surface area contributed by atoms with Crippen LogP contribution < -0.4 is 5.73 Å². The monoisotopic (exact) mass is 180 g/mol. The Balaban J connectivity index is 2.99. The van der Waals surface area contributed by atoms with Crippen LogP contribution in [0, 0.1) is 6.92 Å². The first kappa shape index (κ1) is 9.51. The van der Waals surface area contributed by atoms with Gasteiger partial charge in [-0.05, 0) is 19.9 Å². The molecule has 4 nitrogen and oxygen atoms in total. The Hall–Kier alpha value is -1.58. The first-order chi connectivity index (χ1) is 6.02. The summed E-state index contributed by atoms with van der Waals surface area (Å²) in [4.78, 5) is 21.7. The van der Waals surface area contributed by atoms with Crippen molar-refractivity contribution < 1.29 is 9.59 Å². The topological polar surface area (TPSA) is 65.1 Å². The SMILES string of the molecule is CC(=O)c1ccn(CC(N)=O)c1C. The molecule has 4 heteroatoms. The van der Waals surface area contributed by atoms with Crippen LogP contribution in [-0.4, -0.2) is 16.3 Å². The highest BCUT2D eigenvalue weighted by atomic mass is 16.1. The number of rotatable bonds is 3. The number of Topliss-reactive ketones (excluding diaryl/α,β-unsaturated/α-hetero) is 1. The van der Waals surface area contributed by atoms with Crippen molar-refractivity contribution in [1.29, 1.82) is 0 Å². The average Bonchev–Trinajstić information content (AvgIpc) is 2.32. The fourth-order valence-electron chi connectivity index (χ4n) is 1.26. The van der Waals surface area contributed by atoms with Crippen LogP contribution in [0.2, 0.25) is 0 Å². The third-order valence-electron chi connectivity index (χ3n) is 1.95. The molecule has 13 heavy (non-hydrogen) atoms. The molecule has 1 heterocycles. The van der Waals surface area contributed by atoms with Crippen LogP contribution in [-0.2, 0) is 11.3 Å². The van der Waals surface area contributed by atoms with Gasteiger partial charge in [-0.2, -0.15) is 0 Å². The zero-order valence-electron chi connectivity index (χ0n) is 7.70. The molecule has 1 aromatic heterocycles. The van der Waals surface area contributed by atoms with Crippen LogP contribution in [0.1, 0.15) is 23.0 Å². The van der Waals surface area contributed by atoms with Crippen LogP contribution in [0.5, 0.6) is 0 Å². The van der Waals surface area contributed by atoms with E-state index in [2.05, 4.69) is 0 Å². The second-order valence-corrected chi connectivity index (χ2v) is 2.97. The number of carbonyl (C=O) groups excluding carboxylic acids is 2. The van der Waals surface area contributed by atoms with Gasteiger partial charge in [-0.3, -0.25) is 9.59 Å². The second kappa shape index (κ2) is 3.43. The number of amides is 1. The molecule has 0 saturated heterocycles. The van der Waals surface area contributed by atoms with Crippen molar-refractivity contribution in [3.63, 3.8) is 0 Å². The average molecular weight is 180 g/mol. The van der Waals surface area contributed by atoms with Crippen molar-refractivity contribution in [1.82, 2.24) is 4.57 Å². The molecule has 0 unspecified atom stereocenters. The summed E-state index contributed by atoms with van der Waals surface area (Å²) in [5.41, 5.74) is 6.46. The van der Waals surface area contributed by atoms with Crippen LogP contribution in [0.15, 0.2) is 12.3 Å². The molecule has 0 aromatic carbocycles. The van der Waals surface area contributed by atoms with Crippen LogP contribution in [0.3, 0.4) is 0 Å². The molecule has 2 N–H and O–H groups in total. The number of hydrogen-bond acceptors (Lipinski definition) is 2. The van der Waals surface area contributed by atoms with Crippen LogP contribution in [0.4, 0.5) is 0 Å². The van der Waals surface area contributed by atoms with Crippen molar-refractivity contribution in [2.45, 2.75) is 20.4 Å². The highest BCUT2D eigenvalue weighted by Crippen LogP contribution is 2.09. The van der Waals surface area contributed by atoms with E-state index in [4.69, 9.17) is 5.73 Å². The van der Waals surface area contributed by atoms with E-state index in [0.717, 1.165) is 5.69 Å². The Kier molecular flexibility index (Phi) is 2.51. The Morgan fingerprint density at radius 2 is 2.15 bits per heavy atom. The highest BCUT2D eigenvalue weighted by Gasteiger charge is 2.09. The smallest absolute Gasteiger partial charge is 0.237 e. The molecule has 0 fully saturated rings. The number of primary amides is 1. The third kappa shape index (κ3) is 1.96. The zero-order chi connectivity index (χ0) is 10.0. The number of aromatic nitrogens is 1. The van der Waals surface area contributed by atoms with Gasteiger partial charge in [0.25, 0.3) is 0 Å². The first-order valence-corrected chi connectivity index (χ1v) is 3.97. The largest absolute Gasteiger partial charge is 0.368 e. The fourth-order valence-corrected chi connectivity index (χ4v) is 1.26. The van der Waals surface area contributed by atoms with E-state index in [0.29, 0.717) is 5.56 Å². The first-order valence-electron chi connectivity index (χ1n) is 3.97. The Morgan fingerprint density at radius 1 is 1.54 bits per heavy atom. The quantitative estimate of drug-likeness (QED) is 0.688. The lowest BCUT2D eigenvalue weighted by molar-refractivity contribution is -0.118. The predicted molar refractivity (Wildman–Crippen MR) is 48.4 cm³/mol. The zero-order valence-corrected chi connectivity index (χ0v) is 7.70. The van der Waals surface area contributed by atoms with Gasteiger partial charge in [-0.1, -0.05) is 0 Å². The lowest BCUT2D eigenvalue weighted by Gasteiger charge is -2.02. The van der Waals surface area contributed by atoms with Gasteiger partial charge in [0, 0.05) is 17.5 Å². The standard InChI is InChI=1S/C9H12N2O2/c1-6-8(7(2)12)3-4-11(6)5-9(10)13/h3-4H,5H2,1-2H3,(H2,10,13). The maximum absolute atomic E-state index is 11.0. The van der Waals surface area contributed by atoms with E-state index in [1.54, 1.807) is 23.8 Å². The molecule has 0 aliphatic rings. The molecular formula is C9H12N2O2. The minimum atomic E-state index is -0.409. The van der Waals surface area contributed by atoms with E-state index in [1.807, 2.05) is 0 Å². The normalized spacial score (nSPS) is 10.0. The molecule has 70 valence electrons. The molecule has 0 spiro atoms. The summed E-state index contributed by atoms with van der Waals surface area (Å²) in [5.74, 6) is -0.408. The van der Waals surface area contributed by atoms with Gasteiger partial charge in [0.1, 0.15) is 6.54 Å². The fraction of sp³-hybridized carbons (Fsp3) is 0.333. The molecule has 0 bridgehead atoms. The number of ketones is 1. The van der Waals surface area contributed by atoms with Crippen molar-refractivity contribution in [3.05, 3.63) is 23.5 Å². The van der Waals surface area contributed by atoms with Crippen molar-refractivity contribution in [2.24, 2.45) is 5.73 Å². The van der Waals surface area contributed by atoms with E-state index in [-0.39, 0.29) is 12.3 Å². The van der Waals surface area contributed by atoms with Gasteiger partial charge in [0.2, 0.25) is 5.91 Å². The molecule has 0 radical (unpaired) electrons. The van der Waals surface area contributed by atoms with Gasteiger partial charge in [0.05, 0.1) is 0 Å². The summed E-state index contributed by atoms with van der Waals surface area (Å²) >= 11 is 0. The Labute approximate surface area is 76.3 Å². The lowest BCUT2D eigenvalue weighted by Crippen LogP contribution is -2.19. The third-order valence-corrected chi connectivity index (χ3v) is 1.95. The second-order valence-electron chi connectivity index (χ2n) is 2.97. The Morgan fingerprint density at radius 3 is 2.54 bits per heavy atom.